The molecule has 11 nitrogen and oxygen atoms in total. The Labute approximate surface area is 153 Å². The van der Waals surface area contributed by atoms with Crippen LogP contribution in [0.15, 0.2) is 9.68 Å². The maximum Gasteiger partial charge on any atom is 0.315 e. The van der Waals surface area contributed by atoms with Gasteiger partial charge < -0.3 is 25.2 Å². The molecule has 0 aromatic carbocycles. The number of carboxylic acid groups (broad SMARTS) is 1. The van der Waals surface area contributed by atoms with Crippen LogP contribution in [-0.4, -0.2) is 55.0 Å². The largest absolute Gasteiger partial charge is 0.481 e. The van der Waals surface area contributed by atoms with Gasteiger partial charge in [0.1, 0.15) is 5.82 Å². The molecule has 3 rings (SSSR count). The Balaban J connectivity index is 0.000000552. The lowest BCUT2D eigenvalue weighted by Crippen LogP contribution is -2.29. The molecular weight excluding hydrogens is 362 g/mol. The van der Waals surface area contributed by atoms with E-state index in [1.54, 1.807) is 0 Å². The Morgan fingerprint density at radius 3 is 2.77 bits per heavy atom. The maximum absolute atomic E-state index is 10.9. The van der Waals surface area contributed by atoms with Crippen LogP contribution in [0.4, 0.5) is 0 Å². The summed E-state index contributed by atoms with van der Waals surface area (Å²) in [5, 5.41) is 23.8. The molecule has 1 fully saturated rings. The molecule has 1 unspecified atom stereocenters. The molecule has 0 radical (unpaired) electrons. The summed E-state index contributed by atoms with van der Waals surface area (Å²) >= 11 is 1.44. The van der Waals surface area contributed by atoms with Crippen molar-refractivity contribution in [2.24, 2.45) is 12.8 Å². The minimum atomic E-state index is -0.833. The van der Waals surface area contributed by atoms with Crippen molar-refractivity contribution in [1.29, 1.82) is 0 Å². The van der Waals surface area contributed by atoms with E-state index in [-0.39, 0.29) is 5.89 Å². The van der Waals surface area contributed by atoms with E-state index in [1.165, 1.54) is 11.8 Å². The molecule has 3 heterocycles. The number of carbonyl (C=O) groups is 2. The number of primary amides is 1. The van der Waals surface area contributed by atoms with Gasteiger partial charge in [-0.2, -0.15) is 4.98 Å². The molecule has 4 N–H and O–H groups in total. The molecule has 0 bridgehead atoms. The van der Waals surface area contributed by atoms with Crippen LogP contribution in [0.5, 0.6) is 0 Å². The fourth-order valence-corrected chi connectivity index (χ4v) is 3.18. The minimum Gasteiger partial charge on any atom is -0.481 e. The Kier molecular flexibility index (Phi) is 7.09. The van der Waals surface area contributed by atoms with Crippen LogP contribution >= 0.6 is 11.8 Å². The summed E-state index contributed by atoms with van der Waals surface area (Å²) in [7, 11) is 1.96. The first kappa shape index (κ1) is 19.8. The monoisotopic (exact) mass is 383 g/mol. The molecule has 0 aliphatic carbocycles. The van der Waals surface area contributed by atoms with Crippen molar-refractivity contribution in [3.05, 3.63) is 17.5 Å². The zero-order chi connectivity index (χ0) is 19.1. The molecule has 12 heteroatoms. The third-order valence-corrected chi connectivity index (χ3v) is 4.56. The molecule has 1 amide bonds. The number of aromatic nitrogens is 5. The van der Waals surface area contributed by atoms with E-state index in [0.717, 1.165) is 43.8 Å². The second kappa shape index (κ2) is 9.29. The molecule has 1 saturated heterocycles. The molecule has 1 aliphatic heterocycles. The van der Waals surface area contributed by atoms with Crippen LogP contribution < -0.4 is 11.1 Å². The van der Waals surface area contributed by atoms with Crippen LogP contribution in [0.1, 0.15) is 48.0 Å². The van der Waals surface area contributed by atoms with Crippen molar-refractivity contribution in [3.8, 4) is 0 Å². The summed E-state index contributed by atoms with van der Waals surface area (Å²) < 4.78 is 6.74. The van der Waals surface area contributed by atoms with Gasteiger partial charge in [-0.05, 0) is 19.4 Å². The van der Waals surface area contributed by atoms with E-state index in [9.17, 15) is 4.79 Å². The molecule has 142 valence electrons. The van der Waals surface area contributed by atoms with E-state index in [2.05, 4.69) is 25.7 Å². The number of rotatable bonds is 5. The summed E-state index contributed by atoms with van der Waals surface area (Å²) in [5.41, 5.74) is 5.07. The zero-order valence-electron chi connectivity index (χ0n) is 14.5. The predicted molar refractivity (Wildman–Crippen MR) is 91.5 cm³/mol. The number of amides is 1. The van der Waals surface area contributed by atoms with Crippen LogP contribution in [0, 0.1) is 0 Å². The van der Waals surface area contributed by atoms with Gasteiger partial charge >= 0.3 is 11.8 Å². The number of thioether (sulfide) groups is 1. The van der Waals surface area contributed by atoms with E-state index in [1.807, 2.05) is 11.6 Å². The number of hydrogen-bond acceptors (Lipinski definition) is 9. The van der Waals surface area contributed by atoms with E-state index >= 15 is 0 Å². The highest BCUT2D eigenvalue weighted by Crippen LogP contribution is 2.26. The number of carboxylic acids is 1. The van der Waals surface area contributed by atoms with Gasteiger partial charge in [-0.3, -0.25) is 9.59 Å². The van der Waals surface area contributed by atoms with Crippen LogP contribution in [0.2, 0.25) is 0 Å². The lowest BCUT2D eigenvalue weighted by atomic mass is 9.99. The summed E-state index contributed by atoms with van der Waals surface area (Å²) in [4.78, 5) is 23.8. The Bertz CT molecular complexity index is 750. The van der Waals surface area contributed by atoms with Crippen molar-refractivity contribution < 1.29 is 19.2 Å². The molecule has 1 aliphatic rings. The number of carbonyl (C=O) groups excluding carboxylic acids is 1. The molecule has 2 aromatic rings. The van der Waals surface area contributed by atoms with Crippen LogP contribution in [-0.2, 0) is 17.6 Å². The highest BCUT2D eigenvalue weighted by molar-refractivity contribution is 7.98. The van der Waals surface area contributed by atoms with Gasteiger partial charge in [0.15, 0.2) is 11.0 Å². The van der Waals surface area contributed by atoms with Crippen molar-refractivity contribution in [2.75, 3.05) is 13.1 Å². The highest BCUT2D eigenvalue weighted by atomic mass is 32.2. The molecular formula is C14H21N7O4S. The van der Waals surface area contributed by atoms with Gasteiger partial charge in [-0.15, -0.1) is 10.2 Å². The van der Waals surface area contributed by atoms with Gasteiger partial charge in [0, 0.05) is 26.4 Å². The molecule has 1 atom stereocenters. The fraction of sp³-hybridized carbons (Fsp3) is 0.571. The normalized spacial score (nSPS) is 16.6. The first-order valence-electron chi connectivity index (χ1n) is 7.93. The van der Waals surface area contributed by atoms with E-state index in [4.69, 9.17) is 20.2 Å². The first-order valence-corrected chi connectivity index (χ1v) is 8.91. The van der Waals surface area contributed by atoms with Gasteiger partial charge in [-0.1, -0.05) is 16.9 Å². The van der Waals surface area contributed by atoms with Crippen molar-refractivity contribution in [3.63, 3.8) is 0 Å². The minimum absolute atomic E-state index is 0.178. The highest BCUT2D eigenvalue weighted by Gasteiger charge is 2.22. The number of nitrogens with two attached hydrogens (primary N) is 1. The molecule has 0 spiro atoms. The second-order valence-corrected chi connectivity index (χ2v) is 6.57. The van der Waals surface area contributed by atoms with Crippen LogP contribution in [0.3, 0.4) is 0 Å². The zero-order valence-corrected chi connectivity index (χ0v) is 15.3. The number of nitrogens with one attached hydrogen (secondary N) is 1. The Morgan fingerprint density at radius 1 is 1.46 bits per heavy atom. The average Bonchev–Trinajstić information content (AvgIpc) is 3.20. The van der Waals surface area contributed by atoms with E-state index in [0.29, 0.717) is 17.5 Å². The standard InChI is InChI=1S/C12H17N7O2S.C2H4O2/c1-19-10(7-3-2-4-14-5-7)16-17-12(19)22-6-8-15-11(9(13)20)21-18-8;1-2(3)4/h7,14H,2-6H2,1H3,(H2,13,20);1H3,(H,3,4). The topological polar surface area (TPSA) is 162 Å². The Morgan fingerprint density at radius 2 is 2.19 bits per heavy atom. The second-order valence-electron chi connectivity index (χ2n) is 5.63. The van der Waals surface area contributed by atoms with Gasteiger partial charge in [0.25, 0.3) is 5.97 Å². The average molecular weight is 383 g/mol. The third kappa shape index (κ3) is 5.52. The summed E-state index contributed by atoms with van der Waals surface area (Å²) in [6.45, 7) is 3.08. The molecule has 2 aromatic heterocycles. The van der Waals surface area contributed by atoms with Gasteiger partial charge in [-0.25, -0.2) is 0 Å². The Hall–Kier alpha value is -2.47. The quantitative estimate of drug-likeness (QED) is 0.606. The van der Waals surface area contributed by atoms with Gasteiger partial charge in [0.05, 0.1) is 5.75 Å². The molecule has 26 heavy (non-hydrogen) atoms. The van der Waals surface area contributed by atoms with Gasteiger partial charge in [0.2, 0.25) is 0 Å². The first-order chi connectivity index (χ1) is 12.4. The summed E-state index contributed by atoms with van der Waals surface area (Å²) in [6, 6.07) is 0. The molecule has 0 saturated carbocycles. The summed E-state index contributed by atoms with van der Waals surface area (Å²) in [6.07, 6.45) is 2.27. The maximum atomic E-state index is 10.9. The SMILES string of the molecule is CC(=O)O.Cn1c(SCc2noc(C(N)=O)n2)nnc1C1CCCNC1. The van der Waals surface area contributed by atoms with E-state index < -0.39 is 11.9 Å². The van der Waals surface area contributed by atoms with Crippen molar-refractivity contribution in [2.45, 2.75) is 36.6 Å². The van der Waals surface area contributed by atoms with Crippen molar-refractivity contribution in [1.82, 2.24) is 30.2 Å². The smallest absolute Gasteiger partial charge is 0.315 e. The summed E-state index contributed by atoms with van der Waals surface area (Å²) in [5.74, 6) is 0.485. The third-order valence-electron chi connectivity index (χ3n) is 3.54. The number of aliphatic carboxylic acids is 1. The predicted octanol–water partition coefficient (Wildman–Crippen LogP) is 0.147. The lowest BCUT2D eigenvalue weighted by Gasteiger charge is -2.21. The van der Waals surface area contributed by atoms with Crippen LogP contribution in [0.25, 0.3) is 0 Å². The fourth-order valence-electron chi connectivity index (χ4n) is 2.42. The van der Waals surface area contributed by atoms with Crippen molar-refractivity contribution >= 4 is 23.6 Å². The lowest BCUT2D eigenvalue weighted by molar-refractivity contribution is -0.134. The number of nitrogens with zero attached hydrogens (tertiary/aromatic N) is 5. The number of hydrogen-bond donors (Lipinski definition) is 3. The number of piperidine rings is 1.